The number of hydrogen-bond donors (Lipinski definition) is 3. The number of carbonyl (C=O) groups is 1. The van der Waals surface area contributed by atoms with Crippen LogP contribution < -0.4 is 15.3 Å². The molecule has 0 spiro atoms. The van der Waals surface area contributed by atoms with Crippen LogP contribution in [0.1, 0.15) is 38.5 Å². The van der Waals surface area contributed by atoms with Gasteiger partial charge in [0, 0.05) is 11.8 Å². The number of fused-ring (bicyclic) bond motifs is 2. The molecule has 0 bridgehead atoms. The van der Waals surface area contributed by atoms with Crippen molar-refractivity contribution in [2.45, 2.75) is 57.8 Å². The smallest absolute Gasteiger partial charge is 0.459 e. The second kappa shape index (κ2) is 14.6. The zero-order chi connectivity index (χ0) is 33.8. The number of benzene rings is 3. The van der Waals surface area contributed by atoms with E-state index in [-0.39, 0.29) is 54.2 Å². The first-order valence-corrected chi connectivity index (χ1v) is 17.4. The molecule has 1 aliphatic heterocycles. The molecule has 4 N–H and O–H groups in total. The average molecular weight is 695 g/mol. The number of aliphatic hydroxyl groups is 1. The molecule has 0 saturated carbocycles. The maximum Gasteiger partial charge on any atom is 0.459 e. The number of nitrogen functional groups attached to an aromatic ring is 1. The van der Waals surface area contributed by atoms with E-state index in [0.717, 1.165) is 10.9 Å². The number of aliphatic hydroxyl groups excluding tert-OH is 1. The van der Waals surface area contributed by atoms with Crippen molar-refractivity contribution in [1.82, 2.24) is 24.6 Å². The normalized spacial score (nSPS) is 19.8. The van der Waals surface area contributed by atoms with Gasteiger partial charge in [-0.1, -0.05) is 80.6 Å². The SMILES string of the molecule is CC(C)C[C@H](NP(=O)(OC[C@@H]1C[C@H](O)[C@H](n2c(Cl)nc3c(N)ncnc32)O1)Oc1cccc2ccccc12)C(=O)OCc1ccccc1. The lowest BCUT2D eigenvalue weighted by molar-refractivity contribution is -0.147. The third kappa shape index (κ3) is 7.62. The summed E-state index contributed by atoms with van der Waals surface area (Å²) < 4.78 is 40.0. The number of nitrogens with two attached hydrogens (primary N) is 1. The zero-order valence-electron chi connectivity index (χ0n) is 26.3. The maximum atomic E-state index is 14.7. The Labute approximate surface area is 281 Å². The van der Waals surface area contributed by atoms with E-state index in [1.54, 1.807) is 12.1 Å². The van der Waals surface area contributed by atoms with Gasteiger partial charge in [-0.3, -0.25) is 13.9 Å². The summed E-state index contributed by atoms with van der Waals surface area (Å²) in [5.41, 5.74) is 7.31. The van der Waals surface area contributed by atoms with Crippen LogP contribution in [0.3, 0.4) is 0 Å². The van der Waals surface area contributed by atoms with Crippen molar-refractivity contribution in [3.8, 4) is 5.75 Å². The average Bonchev–Trinajstić information content (AvgIpc) is 3.61. The highest BCUT2D eigenvalue weighted by Gasteiger charge is 2.41. The molecular formula is C33H36ClN6O7P. The molecule has 5 atom stereocenters. The predicted octanol–water partition coefficient (Wildman–Crippen LogP) is 5.81. The van der Waals surface area contributed by atoms with Gasteiger partial charge >= 0.3 is 13.7 Å². The van der Waals surface area contributed by atoms with Crippen LogP contribution in [0.4, 0.5) is 5.82 Å². The fourth-order valence-corrected chi connectivity index (χ4v) is 7.38. The van der Waals surface area contributed by atoms with E-state index >= 15 is 0 Å². The molecule has 13 nitrogen and oxygen atoms in total. The predicted molar refractivity (Wildman–Crippen MR) is 180 cm³/mol. The largest absolute Gasteiger partial charge is 0.460 e. The van der Waals surface area contributed by atoms with E-state index in [4.69, 9.17) is 35.9 Å². The topological polar surface area (TPSA) is 173 Å². The van der Waals surface area contributed by atoms with E-state index in [0.29, 0.717) is 11.1 Å². The van der Waals surface area contributed by atoms with Crippen LogP contribution in [-0.2, 0) is 30.0 Å². The number of nitrogens with zero attached hydrogens (tertiary/aromatic N) is 4. The first-order valence-electron chi connectivity index (χ1n) is 15.5. The van der Waals surface area contributed by atoms with Crippen LogP contribution in [0.15, 0.2) is 79.1 Å². The van der Waals surface area contributed by atoms with Crippen molar-refractivity contribution in [3.63, 3.8) is 0 Å². The number of halogens is 1. The van der Waals surface area contributed by atoms with Gasteiger partial charge in [-0.15, -0.1) is 0 Å². The summed E-state index contributed by atoms with van der Waals surface area (Å²) in [5.74, 6) is -0.152. The van der Waals surface area contributed by atoms with Crippen molar-refractivity contribution in [3.05, 3.63) is 90.0 Å². The van der Waals surface area contributed by atoms with Gasteiger partial charge in [0.25, 0.3) is 0 Å². The number of nitrogens with one attached hydrogen (secondary N) is 1. The summed E-state index contributed by atoms with van der Waals surface area (Å²) in [6, 6.07) is 21.1. The fraction of sp³-hybridized carbons (Fsp3) is 0.333. The van der Waals surface area contributed by atoms with Crippen LogP contribution >= 0.6 is 19.3 Å². The molecule has 3 aromatic carbocycles. The van der Waals surface area contributed by atoms with Gasteiger partial charge in [-0.25, -0.2) is 19.5 Å². The van der Waals surface area contributed by atoms with E-state index in [2.05, 4.69) is 20.0 Å². The van der Waals surface area contributed by atoms with Gasteiger partial charge in [-0.2, -0.15) is 5.09 Å². The molecule has 1 saturated heterocycles. The van der Waals surface area contributed by atoms with Gasteiger partial charge in [0.1, 0.15) is 30.8 Å². The monoisotopic (exact) mass is 694 g/mol. The Morgan fingerprint density at radius 3 is 2.67 bits per heavy atom. The molecule has 0 radical (unpaired) electrons. The second-order valence-electron chi connectivity index (χ2n) is 11.9. The van der Waals surface area contributed by atoms with E-state index < -0.39 is 38.2 Å². The number of aromatic nitrogens is 4. The summed E-state index contributed by atoms with van der Waals surface area (Å²) in [7, 11) is -4.31. The molecule has 1 unspecified atom stereocenters. The summed E-state index contributed by atoms with van der Waals surface area (Å²) >= 11 is 6.40. The van der Waals surface area contributed by atoms with Crippen LogP contribution in [0.25, 0.3) is 21.9 Å². The lowest BCUT2D eigenvalue weighted by Crippen LogP contribution is -2.39. The van der Waals surface area contributed by atoms with Gasteiger partial charge in [0.15, 0.2) is 23.2 Å². The van der Waals surface area contributed by atoms with Crippen molar-refractivity contribution in [2.24, 2.45) is 5.92 Å². The van der Waals surface area contributed by atoms with E-state index in [9.17, 15) is 14.5 Å². The summed E-state index contributed by atoms with van der Waals surface area (Å²) in [4.78, 5) is 25.8. The minimum Gasteiger partial charge on any atom is -0.460 e. The Morgan fingerprint density at radius 2 is 1.88 bits per heavy atom. The first kappa shape index (κ1) is 33.8. The molecule has 3 heterocycles. The molecular weight excluding hydrogens is 659 g/mol. The Morgan fingerprint density at radius 1 is 1.12 bits per heavy atom. The number of ether oxygens (including phenoxy) is 2. The van der Waals surface area contributed by atoms with Crippen LogP contribution in [0, 0.1) is 5.92 Å². The van der Waals surface area contributed by atoms with Crippen molar-refractivity contribution in [2.75, 3.05) is 12.3 Å². The van der Waals surface area contributed by atoms with Crippen molar-refractivity contribution >= 4 is 53.1 Å². The number of hydrogen-bond acceptors (Lipinski definition) is 11. The second-order valence-corrected chi connectivity index (χ2v) is 13.9. The third-order valence-electron chi connectivity index (χ3n) is 7.81. The van der Waals surface area contributed by atoms with Crippen LogP contribution in [0.5, 0.6) is 5.75 Å². The van der Waals surface area contributed by atoms with Crippen LogP contribution in [0.2, 0.25) is 5.28 Å². The summed E-state index contributed by atoms with van der Waals surface area (Å²) in [6.07, 6.45) is -1.13. The van der Waals surface area contributed by atoms with Gasteiger partial charge in [0.2, 0.25) is 5.28 Å². The Hall–Kier alpha value is -4.10. The number of carbonyl (C=O) groups excluding carboxylic acids is 1. The number of anilines is 1. The highest BCUT2D eigenvalue weighted by atomic mass is 35.5. The number of imidazole rings is 1. The summed E-state index contributed by atoms with van der Waals surface area (Å²) in [6.45, 7) is 3.65. The first-order chi connectivity index (χ1) is 23.1. The van der Waals surface area contributed by atoms with Gasteiger partial charge < -0.3 is 24.8 Å². The lowest BCUT2D eigenvalue weighted by Gasteiger charge is -2.27. The van der Waals surface area contributed by atoms with Crippen LogP contribution in [-0.4, -0.2) is 55.5 Å². The molecule has 0 amide bonds. The van der Waals surface area contributed by atoms with Gasteiger partial charge in [0.05, 0.1) is 12.7 Å². The number of esters is 1. The fourth-order valence-electron chi connectivity index (χ4n) is 5.56. The Kier molecular flexibility index (Phi) is 10.3. The third-order valence-corrected chi connectivity index (χ3v) is 9.63. The van der Waals surface area contributed by atoms with Crippen molar-refractivity contribution in [1.29, 1.82) is 0 Å². The lowest BCUT2D eigenvalue weighted by atomic mass is 10.1. The highest BCUT2D eigenvalue weighted by Crippen LogP contribution is 2.48. The molecule has 6 rings (SSSR count). The van der Waals surface area contributed by atoms with Crippen molar-refractivity contribution < 1.29 is 33.0 Å². The molecule has 1 aliphatic rings. The van der Waals surface area contributed by atoms with Gasteiger partial charge in [-0.05, 0) is 41.0 Å². The van der Waals surface area contributed by atoms with E-state index in [1.807, 2.05) is 74.5 Å². The molecule has 0 aliphatic carbocycles. The molecule has 48 heavy (non-hydrogen) atoms. The maximum absolute atomic E-state index is 14.7. The molecule has 1 fully saturated rings. The summed E-state index contributed by atoms with van der Waals surface area (Å²) in [5, 5.41) is 15.4. The zero-order valence-corrected chi connectivity index (χ0v) is 28.0. The molecule has 15 heteroatoms. The minimum atomic E-state index is -4.31. The minimum absolute atomic E-state index is 0.0000110. The highest BCUT2D eigenvalue weighted by molar-refractivity contribution is 7.52. The Balaban J connectivity index is 1.24. The van der Waals surface area contributed by atoms with E-state index in [1.165, 1.54) is 10.9 Å². The quantitative estimate of drug-likeness (QED) is 0.0768. The standard InChI is InChI=1S/C33H36ClN6O7P/c1-20(2)15-25(32(42)44-17-21-9-4-3-5-10-21)39-48(43,47-27-14-8-12-22-11-6-7-13-24(22)27)45-18-23-16-26(41)31(46-23)40-30-28(38-33(40)34)29(35)36-19-37-30/h3-14,19-20,23,25-26,31,41H,15-18H2,1-2H3,(H,39,43)(H2,35,36,37)/t23-,25-,26-,31+,48?/m0/s1. The molecule has 2 aromatic heterocycles. The Bertz CT molecular complexity index is 1940. The molecule has 252 valence electrons. The number of rotatable bonds is 13. The molecule has 5 aromatic rings.